The number of methoxy groups -OCH3 is 2. The van der Waals surface area contributed by atoms with E-state index in [1.54, 1.807) is 0 Å². The summed E-state index contributed by atoms with van der Waals surface area (Å²) >= 11 is 0. The van der Waals surface area contributed by atoms with Crippen LogP contribution < -0.4 is 20.1 Å². The van der Waals surface area contributed by atoms with Crippen LogP contribution in [0.3, 0.4) is 0 Å². The van der Waals surface area contributed by atoms with Crippen molar-refractivity contribution in [3.8, 4) is 11.5 Å². The van der Waals surface area contributed by atoms with E-state index in [2.05, 4.69) is 10.6 Å². The number of piperazine rings is 1. The summed E-state index contributed by atoms with van der Waals surface area (Å²) in [6.45, 7) is 9.30. The zero-order valence-electron chi connectivity index (χ0n) is 24.3. The van der Waals surface area contributed by atoms with Crippen molar-refractivity contribution in [3.63, 3.8) is 0 Å². The van der Waals surface area contributed by atoms with Crippen molar-refractivity contribution in [1.29, 1.82) is 0 Å². The number of hydrogen-bond donors (Lipinski definition) is 2. The summed E-state index contributed by atoms with van der Waals surface area (Å²) in [5.74, 6) is -1.85. The van der Waals surface area contributed by atoms with Gasteiger partial charge in [0.2, 0.25) is 17.7 Å². The first-order chi connectivity index (χ1) is 18.8. The number of hydrogen-bond acceptors (Lipinski definition) is 5. The first kappa shape index (κ1) is 29.4. The molecule has 0 bridgehead atoms. The van der Waals surface area contributed by atoms with Crippen molar-refractivity contribution in [2.24, 2.45) is 11.8 Å². The number of carbonyl (C=O) groups excluding carboxylic acids is 3. The number of halogens is 1. The minimum atomic E-state index is -1.41. The standard InChI is InChI=1S/C31H40FN3O5/c1-17(2)12-23-28(36)33-26(20-13-18-10-8-9-11-19(18)14-20)30(38)35(23)27(29(37)34-31(3,4)5)21-15-24(39-6)25(40-7)16-22(21)32/h8-11,15-17,20,23,26-27H,12-14H2,1-7H3,(H,33,36)(H,34,37). The van der Waals surface area contributed by atoms with Gasteiger partial charge in [0.25, 0.3) is 0 Å². The minimum absolute atomic E-state index is 0.0277. The van der Waals surface area contributed by atoms with Gasteiger partial charge in [-0.1, -0.05) is 38.1 Å². The number of carbonyl (C=O) groups is 3. The summed E-state index contributed by atoms with van der Waals surface area (Å²) in [5, 5.41) is 5.89. The number of ether oxygens (including phenoxy) is 2. The highest BCUT2D eigenvalue weighted by molar-refractivity contribution is 6.00. The molecule has 0 radical (unpaired) electrons. The lowest BCUT2D eigenvalue weighted by Crippen LogP contribution is -2.67. The number of nitrogens with one attached hydrogen (secondary N) is 2. The van der Waals surface area contributed by atoms with Crippen LogP contribution in [-0.4, -0.2) is 54.5 Å². The number of nitrogens with zero attached hydrogens (tertiary/aromatic N) is 1. The molecule has 4 rings (SSSR count). The Morgan fingerprint density at radius 3 is 2.17 bits per heavy atom. The van der Waals surface area contributed by atoms with Crippen LogP contribution in [-0.2, 0) is 27.2 Å². The monoisotopic (exact) mass is 553 g/mol. The van der Waals surface area contributed by atoms with E-state index >= 15 is 4.39 Å². The second-order valence-electron chi connectivity index (χ2n) is 12.2. The van der Waals surface area contributed by atoms with Gasteiger partial charge in [-0.3, -0.25) is 14.4 Å². The van der Waals surface area contributed by atoms with Gasteiger partial charge in [0.1, 0.15) is 23.9 Å². The Labute approximate surface area is 235 Å². The van der Waals surface area contributed by atoms with Crippen molar-refractivity contribution < 1.29 is 28.2 Å². The second-order valence-corrected chi connectivity index (χ2v) is 12.2. The Morgan fingerprint density at radius 2 is 1.65 bits per heavy atom. The molecule has 1 saturated heterocycles. The zero-order chi connectivity index (χ0) is 29.4. The first-order valence-corrected chi connectivity index (χ1v) is 13.8. The fraction of sp³-hybridized carbons (Fsp3) is 0.516. The van der Waals surface area contributed by atoms with Gasteiger partial charge >= 0.3 is 0 Å². The van der Waals surface area contributed by atoms with Crippen LogP contribution >= 0.6 is 0 Å². The van der Waals surface area contributed by atoms with Crippen molar-refractivity contribution in [2.75, 3.05) is 14.2 Å². The summed E-state index contributed by atoms with van der Waals surface area (Å²) in [4.78, 5) is 43.4. The smallest absolute Gasteiger partial charge is 0.247 e. The number of rotatable bonds is 8. The Bertz CT molecular complexity index is 1260. The molecule has 2 aromatic rings. The summed E-state index contributed by atoms with van der Waals surface area (Å²) in [6, 6.07) is 7.28. The maximum atomic E-state index is 15.8. The Morgan fingerprint density at radius 1 is 1.07 bits per heavy atom. The van der Waals surface area contributed by atoms with Crippen molar-refractivity contribution in [3.05, 3.63) is 58.9 Å². The summed E-state index contributed by atoms with van der Waals surface area (Å²) in [6.07, 6.45) is 1.56. The maximum Gasteiger partial charge on any atom is 0.247 e. The van der Waals surface area contributed by atoms with E-state index in [1.165, 1.54) is 25.2 Å². The van der Waals surface area contributed by atoms with Crippen LogP contribution in [0.1, 0.15) is 63.8 Å². The molecular formula is C31H40FN3O5. The quantitative estimate of drug-likeness (QED) is 0.516. The predicted octanol–water partition coefficient (Wildman–Crippen LogP) is 3.96. The van der Waals surface area contributed by atoms with Crippen molar-refractivity contribution in [1.82, 2.24) is 15.5 Å². The molecule has 0 aromatic heterocycles. The summed E-state index contributed by atoms with van der Waals surface area (Å²) in [7, 11) is 2.81. The van der Waals surface area contributed by atoms with E-state index in [0.717, 1.165) is 17.2 Å². The third-order valence-corrected chi connectivity index (χ3v) is 7.53. The number of amides is 3. The van der Waals surface area contributed by atoms with E-state index in [9.17, 15) is 14.4 Å². The lowest BCUT2D eigenvalue weighted by Gasteiger charge is -2.45. The molecule has 0 saturated carbocycles. The van der Waals surface area contributed by atoms with Gasteiger partial charge in [-0.15, -0.1) is 0 Å². The molecule has 0 spiro atoms. The number of benzene rings is 2. The van der Waals surface area contributed by atoms with Gasteiger partial charge in [0.05, 0.1) is 14.2 Å². The molecule has 3 atom stereocenters. The highest BCUT2D eigenvalue weighted by Gasteiger charge is 2.50. The Balaban J connectivity index is 1.84. The lowest BCUT2D eigenvalue weighted by atomic mass is 9.87. The molecule has 3 amide bonds. The minimum Gasteiger partial charge on any atom is -0.493 e. The van der Waals surface area contributed by atoms with Gasteiger partial charge in [-0.05, 0) is 69.1 Å². The molecule has 9 heteroatoms. The van der Waals surface area contributed by atoms with Crippen LogP contribution in [0.15, 0.2) is 36.4 Å². The van der Waals surface area contributed by atoms with Gasteiger partial charge in [-0.25, -0.2) is 4.39 Å². The van der Waals surface area contributed by atoms with Crippen LogP contribution in [0.4, 0.5) is 4.39 Å². The van der Waals surface area contributed by atoms with Gasteiger partial charge in [-0.2, -0.15) is 0 Å². The third kappa shape index (κ3) is 5.93. The van der Waals surface area contributed by atoms with Crippen molar-refractivity contribution in [2.45, 2.75) is 77.5 Å². The molecule has 1 heterocycles. The largest absolute Gasteiger partial charge is 0.493 e. The molecule has 2 aliphatic rings. The molecule has 40 heavy (non-hydrogen) atoms. The molecule has 1 aliphatic heterocycles. The summed E-state index contributed by atoms with van der Waals surface area (Å²) in [5.41, 5.74) is 1.53. The Kier molecular flexibility index (Phi) is 8.42. The summed E-state index contributed by atoms with van der Waals surface area (Å²) < 4.78 is 26.5. The SMILES string of the molecule is COc1cc(F)c(C(C(=O)NC(C)(C)C)N2C(=O)C(C3Cc4ccccc4C3)NC(=O)C2CC(C)C)cc1OC. The fourth-order valence-electron chi connectivity index (χ4n) is 5.81. The van der Waals surface area contributed by atoms with E-state index in [0.29, 0.717) is 19.3 Å². The Hall–Kier alpha value is -3.62. The predicted molar refractivity (Wildman–Crippen MR) is 150 cm³/mol. The van der Waals surface area contributed by atoms with E-state index in [4.69, 9.17) is 9.47 Å². The second kappa shape index (κ2) is 11.5. The molecule has 216 valence electrons. The van der Waals surface area contributed by atoms with Gasteiger partial charge in [0.15, 0.2) is 11.5 Å². The molecule has 8 nitrogen and oxygen atoms in total. The van der Waals surface area contributed by atoms with E-state index in [-0.39, 0.29) is 34.8 Å². The highest BCUT2D eigenvalue weighted by atomic mass is 19.1. The van der Waals surface area contributed by atoms with Gasteiger partial charge < -0.3 is 25.0 Å². The topological polar surface area (TPSA) is 97.0 Å². The van der Waals surface area contributed by atoms with E-state index in [1.807, 2.05) is 58.9 Å². The molecule has 2 aromatic carbocycles. The average Bonchev–Trinajstić information content (AvgIpc) is 3.31. The zero-order valence-corrected chi connectivity index (χ0v) is 24.3. The van der Waals surface area contributed by atoms with E-state index < -0.39 is 41.3 Å². The maximum absolute atomic E-state index is 15.8. The molecular weight excluding hydrogens is 513 g/mol. The van der Waals surface area contributed by atoms with Crippen molar-refractivity contribution >= 4 is 17.7 Å². The van der Waals surface area contributed by atoms with Crippen LogP contribution in [0.25, 0.3) is 0 Å². The number of fused-ring (bicyclic) bond motifs is 1. The lowest BCUT2D eigenvalue weighted by molar-refractivity contribution is -0.158. The fourth-order valence-corrected chi connectivity index (χ4v) is 5.81. The van der Waals surface area contributed by atoms with Crippen LogP contribution in [0.5, 0.6) is 11.5 Å². The van der Waals surface area contributed by atoms with Crippen LogP contribution in [0, 0.1) is 17.7 Å². The van der Waals surface area contributed by atoms with Crippen LogP contribution in [0.2, 0.25) is 0 Å². The third-order valence-electron chi connectivity index (χ3n) is 7.53. The van der Waals surface area contributed by atoms with Gasteiger partial charge in [0, 0.05) is 17.2 Å². The average molecular weight is 554 g/mol. The highest BCUT2D eigenvalue weighted by Crippen LogP contribution is 2.39. The first-order valence-electron chi connectivity index (χ1n) is 13.8. The molecule has 1 aliphatic carbocycles. The molecule has 1 fully saturated rings. The normalized spacial score (nSPS) is 20.3. The molecule has 3 unspecified atom stereocenters. The molecule has 2 N–H and O–H groups in total.